The van der Waals surface area contributed by atoms with Crippen LogP contribution >= 0.6 is 0 Å². The van der Waals surface area contributed by atoms with Crippen molar-refractivity contribution in [2.45, 2.75) is 18.3 Å². The molecule has 2 aromatic rings. The van der Waals surface area contributed by atoms with E-state index in [4.69, 9.17) is 15.6 Å². The molecule has 96 valence electrons. The Bertz CT molecular complexity index is 589. The molecule has 2 atom stereocenters. The third-order valence-electron chi connectivity index (χ3n) is 3.06. The van der Waals surface area contributed by atoms with Crippen molar-refractivity contribution in [3.63, 3.8) is 0 Å². The summed E-state index contributed by atoms with van der Waals surface area (Å²) in [6, 6.07) is 0. The first-order valence-corrected chi connectivity index (χ1v) is 5.47. The number of rotatable bonds is 2. The van der Waals surface area contributed by atoms with Gasteiger partial charge in [-0.3, -0.25) is 4.57 Å². The van der Waals surface area contributed by atoms with Gasteiger partial charge in [0, 0.05) is 6.42 Å². The number of halogens is 1. The summed E-state index contributed by atoms with van der Waals surface area (Å²) in [6.07, 6.45) is 2.32. The summed E-state index contributed by atoms with van der Waals surface area (Å²) >= 11 is 0. The average molecular weight is 253 g/mol. The van der Waals surface area contributed by atoms with Crippen molar-refractivity contribution in [2.75, 3.05) is 18.9 Å². The summed E-state index contributed by atoms with van der Waals surface area (Å²) in [5.74, 6) is 0.269. The zero-order chi connectivity index (χ0) is 12.8. The first-order valence-electron chi connectivity index (χ1n) is 5.47. The van der Waals surface area contributed by atoms with Crippen molar-refractivity contribution >= 4 is 17.0 Å². The maximum atomic E-state index is 13.9. The topological polar surface area (TPSA) is 99.1 Å². The number of aliphatic hydroxyl groups is 1. The van der Waals surface area contributed by atoms with E-state index in [1.165, 1.54) is 12.7 Å². The first kappa shape index (κ1) is 11.3. The van der Waals surface area contributed by atoms with E-state index in [-0.39, 0.29) is 18.8 Å². The summed E-state index contributed by atoms with van der Waals surface area (Å²) in [4.78, 5) is 12.0. The Labute approximate surface area is 101 Å². The van der Waals surface area contributed by atoms with Crippen molar-refractivity contribution < 1.29 is 14.2 Å². The van der Waals surface area contributed by atoms with E-state index in [0.29, 0.717) is 11.2 Å². The largest absolute Gasteiger partial charge is 0.393 e. The van der Waals surface area contributed by atoms with Gasteiger partial charge in [-0.15, -0.1) is 0 Å². The number of ether oxygens (including phenoxy) is 1. The van der Waals surface area contributed by atoms with E-state index in [9.17, 15) is 4.39 Å². The summed E-state index contributed by atoms with van der Waals surface area (Å²) in [7, 11) is 0. The molecule has 3 rings (SSSR count). The molecule has 1 fully saturated rings. The number of fused-ring (bicyclic) bond motifs is 1. The smallest absolute Gasteiger partial charge is 0.167 e. The number of aliphatic hydroxyl groups excluding tert-OH is 1. The highest BCUT2D eigenvalue weighted by Crippen LogP contribution is 2.35. The Morgan fingerprint density at radius 2 is 2.39 bits per heavy atom. The van der Waals surface area contributed by atoms with Crippen LogP contribution in [-0.2, 0) is 4.74 Å². The van der Waals surface area contributed by atoms with Crippen LogP contribution in [0.4, 0.5) is 10.2 Å². The molecule has 0 aromatic carbocycles. The van der Waals surface area contributed by atoms with Gasteiger partial charge < -0.3 is 15.6 Å². The van der Waals surface area contributed by atoms with Crippen LogP contribution in [0.1, 0.15) is 12.6 Å². The van der Waals surface area contributed by atoms with Crippen LogP contribution in [0.3, 0.4) is 0 Å². The number of hydrogen-bond acceptors (Lipinski definition) is 6. The van der Waals surface area contributed by atoms with E-state index < -0.39 is 18.5 Å². The lowest BCUT2D eigenvalue weighted by Crippen LogP contribution is -2.27. The van der Waals surface area contributed by atoms with Crippen LogP contribution in [0.15, 0.2) is 12.7 Å². The van der Waals surface area contributed by atoms with Gasteiger partial charge in [0.25, 0.3) is 0 Å². The molecule has 1 aliphatic heterocycles. The van der Waals surface area contributed by atoms with Crippen molar-refractivity contribution in [1.82, 2.24) is 19.5 Å². The fourth-order valence-corrected chi connectivity index (χ4v) is 2.05. The fraction of sp³-hybridized carbons (Fsp3) is 0.500. The number of nitrogens with two attached hydrogens (primary N) is 1. The van der Waals surface area contributed by atoms with Crippen molar-refractivity contribution in [1.29, 1.82) is 0 Å². The minimum absolute atomic E-state index is 0.0544. The molecule has 3 heterocycles. The van der Waals surface area contributed by atoms with E-state index in [2.05, 4.69) is 15.0 Å². The highest BCUT2D eigenvalue weighted by Gasteiger charge is 2.41. The summed E-state index contributed by atoms with van der Waals surface area (Å²) in [5, 5.41) is 8.97. The van der Waals surface area contributed by atoms with E-state index in [1.54, 1.807) is 4.57 Å². The average Bonchev–Trinajstić information content (AvgIpc) is 2.94. The standard InChI is InChI=1S/C10H12FN5O2/c11-10(2-17)1-6(18-3-10)16-5-15-7-8(12)13-4-14-9(7)16/h4-6,17H,1-3H2,(H2,12,13,14)/t6-,10-/m1/s1. The van der Waals surface area contributed by atoms with Crippen LogP contribution in [0.25, 0.3) is 11.2 Å². The first-order chi connectivity index (χ1) is 8.63. The molecule has 2 aromatic heterocycles. The molecule has 1 aliphatic rings. The molecule has 18 heavy (non-hydrogen) atoms. The van der Waals surface area contributed by atoms with Crippen LogP contribution in [0.2, 0.25) is 0 Å². The molecule has 0 saturated carbocycles. The molecular weight excluding hydrogens is 241 g/mol. The zero-order valence-electron chi connectivity index (χ0n) is 9.45. The lowest BCUT2D eigenvalue weighted by Gasteiger charge is -2.14. The Hall–Kier alpha value is -1.80. The maximum Gasteiger partial charge on any atom is 0.167 e. The molecule has 0 unspecified atom stereocenters. The van der Waals surface area contributed by atoms with Crippen LogP contribution < -0.4 is 5.73 Å². The molecule has 0 aliphatic carbocycles. The van der Waals surface area contributed by atoms with E-state index >= 15 is 0 Å². The Morgan fingerprint density at radius 1 is 1.56 bits per heavy atom. The van der Waals surface area contributed by atoms with Gasteiger partial charge in [-0.1, -0.05) is 0 Å². The van der Waals surface area contributed by atoms with Crippen molar-refractivity contribution in [3.8, 4) is 0 Å². The van der Waals surface area contributed by atoms with Gasteiger partial charge in [0.05, 0.1) is 19.5 Å². The van der Waals surface area contributed by atoms with Crippen LogP contribution in [-0.4, -0.2) is 43.5 Å². The second-order valence-corrected chi connectivity index (χ2v) is 4.36. The highest BCUT2D eigenvalue weighted by atomic mass is 19.1. The van der Waals surface area contributed by atoms with Gasteiger partial charge in [0.1, 0.15) is 18.1 Å². The molecule has 8 heteroatoms. The number of anilines is 1. The van der Waals surface area contributed by atoms with Gasteiger partial charge in [0.2, 0.25) is 0 Å². The predicted octanol–water partition coefficient (Wildman–Crippen LogP) is 0.0280. The minimum Gasteiger partial charge on any atom is -0.393 e. The van der Waals surface area contributed by atoms with Crippen LogP contribution in [0.5, 0.6) is 0 Å². The predicted molar refractivity (Wildman–Crippen MR) is 60.3 cm³/mol. The lowest BCUT2D eigenvalue weighted by molar-refractivity contribution is 0.0302. The number of nitrogen functional groups attached to an aromatic ring is 1. The molecule has 0 radical (unpaired) electrons. The second-order valence-electron chi connectivity index (χ2n) is 4.36. The van der Waals surface area contributed by atoms with Gasteiger partial charge >= 0.3 is 0 Å². The molecule has 0 amide bonds. The second kappa shape index (κ2) is 3.85. The SMILES string of the molecule is Nc1ncnc2c1ncn2[C@H]1C[C@@](F)(CO)CO1. The molecule has 0 spiro atoms. The number of hydrogen-bond donors (Lipinski definition) is 2. The zero-order valence-corrected chi connectivity index (χ0v) is 9.45. The number of imidazole rings is 1. The van der Waals surface area contributed by atoms with Gasteiger partial charge in [-0.05, 0) is 0 Å². The number of alkyl halides is 1. The molecule has 0 bridgehead atoms. The van der Waals surface area contributed by atoms with Gasteiger partial charge in [0.15, 0.2) is 17.1 Å². The fourth-order valence-electron chi connectivity index (χ4n) is 2.05. The maximum absolute atomic E-state index is 13.9. The third kappa shape index (κ3) is 1.61. The molecule has 3 N–H and O–H groups in total. The third-order valence-corrected chi connectivity index (χ3v) is 3.06. The van der Waals surface area contributed by atoms with Gasteiger partial charge in [-0.2, -0.15) is 0 Å². The monoisotopic (exact) mass is 253 g/mol. The number of aromatic nitrogens is 4. The minimum atomic E-state index is -1.71. The van der Waals surface area contributed by atoms with Crippen LogP contribution in [0, 0.1) is 0 Å². The normalized spacial score (nSPS) is 28.0. The van der Waals surface area contributed by atoms with Crippen molar-refractivity contribution in [2.24, 2.45) is 0 Å². The summed E-state index contributed by atoms with van der Waals surface area (Å²) < 4.78 is 20.8. The molecular formula is C10H12FN5O2. The quantitative estimate of drug-likeness (QED) is 0.783. The van der Waals surface area contributed by atoms with E-state index in [1.807, 2.05) is 0 Å². The number of nitrogens with zero attached hydrogens (tertiary/aromatic N) is 4. The molecule has 1 saturated heterocycles. The lowest BCUT2D eigenvalue weighted by atomic mass is 10.1. The molecule has 7 nitrogen and oxygen atoms in total. The summed E-state index contributed by atoms with van der Waals surface area (Å²) in [6.45, 7) is -0.707. The Morgan fingerprint density at radius 3 is 3.11 bits per heavy atom. The van der Waals surface area contributed by atoms with Gasteiger partial charge in [-0.25, -0.2) is 19.3 Å². The Kier molecular flexibility index (Phi) is 2.42. The Balaban J connectivity index is 1.99. The van der Waals surface area contributed by atoms with E-state index in [0.717, 1.165) is 0 Å². The highest BCUT2D eigenvalue weighted by molar-refractivity contribution is 5.81. The van der Waals surface area contributed by atoms with Crippen molar-refractivity contribution in [3.05, 3.63) is 12.7 Å². The summed E-state index contributed by atoms with van der Waals surface area (Å²) in [5.41, 5.74) is 4.91.